The molecule has 0 aliphatic rings. The highest BCUT2D eigenvalue weighted by molar-refractivity contribution is 7.98. The van der Waals surface area contributed by atoms with E-state index < -0.39 is 11.8 Å². The molecule has 3 N–H and O–H groups in total. The lowest BCUT2D eigenvalue weighted by Crippen LogP contribution is -2.40. The zero-order valence-electron chi connectivity index (χ0n) is 12.7. The van der Waals surface area contributed by atoms with Crippen LogP contribution in [0.3, 0.4) is 0 Å². The molecular formula is C16H19FN2O3S. The highest BCUT2D eigenvalue weighted by atomic mass is 32.2. The van der Waals surface area contributed by atoms with Gasteiger partial charge in [0, 0.05) is 24.0 Å². The molecule has 0 spiro atoms. The molecule has 5 nitrogen and oxygen atoms in total. The fourth-order valence-electron chi connectivity index (χ4n) is 2.12. The third-order valence-corrected chi connectivity index (χ3v) is 3.94. The average molecular weight is 338 g/mol. The van der Waals surface area contributed by atoms with Crippen LogP contribution in [0, 0.1) is 5.82 Å². The fourth-order valence-corrected chi connectivity index (χ4v) is 2.77. The molecule has 0 saturated carbocycles. The predicted molar refractivity (Wildman–Crippen MR) is 90.1 cm³/mol. The standard InChI is InChI=1S/C16H19FN2O3S/c1-23-10-12(6-7-20)18-16(21)19-14-9-11(4-5-13(14)17)15-3-2-8-22-15/h2-5,8-9,12,20H,6-7,10H2,1H3,(H2,18,19,21). The van der Waals surface area contributed by atoms with E-state index in [4.69, 9.17) is 9.52 Å². The van der Waals surface area contributed by atoms with Crippen LogP contribution in [-0.2, 0) is 0 Å². The summed E-state index contributed by atoms with van der Waals surface area (Å²) in [5, 5.41) is 14.2. The van der Waals surface area contributed by atoms with Crippen molar-refractivity contribution in [2.75, 3.05) is 23.9 Å². The number of furan rings is 1. The Labute approximate surface area is 138 Å². The average Bonchev–Trinajstić information content (AvgIpc) is 3.04. The van der Waals surface area contributed by atoms with Crippen LogP contribution < -0.4 is 10.6 Å². The van der Waals surface area contributed by atoms with Crippen molar-refractivity contribution >= 4 is 23.5 Å². The normalized spacial score (nSPS) is 12.0. The predicted octanol–water partition coefficient (Wildman–Crippen LogP) is 3.32. The highest BCUT2D eigenvalue weighted by Crippen LogP contribution is 2.25. The van der Waals surface area contributed by atoms with E-state index in [2.05, 4.69) is 10.6 Å². The van der Waals surface area contributed by atoms with Gasteiger partial charge in [0.15, 0.2) is 0 Å². The van der Waals surface area contributed by atoms with Crippen LogP contribution in [0.25, 0.3) is 11.3 Å². The number of aliphatic hydroxyl groups is 1. The minimum atomic E-state index is -0.529. The third kappa shape index (κ3) is 5.01. The van der Waals surface area contributed by atoms with Crippen molar-refractivity contribution in [1.29, 1.82) is 0 Å². The Kier molecular flexibility index (Phi) is 6.49. The number of carbonyl (C=O) groups excluding carboxylic acids is 1. The number of nitrogens with one attached hydrogen (secondary N) is 2. The second kappa shape index (κ2) is 8.59. The summed E-state index contributed by atoms with van der Waals surface area (Å²) in [6.07, 6.45) is 3.89. The molecule has 1 heterocycles. The maximum atomic E-state index is 13.9. The van der Waals surface area contributed by atoms with E-state index in [1.165, 1.54) is 18.4 Å². The Hall–Kier alpha value is -1.99. The van der Waals surface area contributed by atoms with Crippen molar-refractivity contribution in [3.8, 4) is 11.3 Å². The summed E-state index contributed by atoms with van der Waals surface area (Å²) in [5.41, 5.74) is 0.742. The summed E-state index contributed by atoms with van der Waals surface area (Å²) in [4.78, 5) is 12.0. The summed E-state index contributed by atoms with van der Waals surface area (Å²) in [6.45, 7) is -0.0200. The molecule has 7 heteroatoms. The first-order valence-electron chi connectivity index (χ1n) is 7.14. The number of halogens is 1. The first kappa shape index (κ1) is 17.4. The lowest BCUT2D eigenvalue weighted by atomic mass is 10.1. The Morgan fingerprint density at radius 3 is 2.91 bits per heavy atom. The fraction of sp³-hybridized carbons (Fsp3) is 0.312. The summed E-state index contributed by atoms with van der Waals surface area (Å²) in [7, 11) is 0. The third-order valence-electron chi connectivity index (χ3n) is 3.20. The van der Waals surface area contributed by atoms with Crippen LogP contribution in [-0.4, -0.2) is 35.8 Å². The minimum Gasteiger partial charge on any atom is -0.464 e. The number of benzene rings is 1. The molecule has 0 saturated heterocycles. The molecule has 1 aromatic carbocycles. The van der Waals surface area contributed by atoms with Gasteiger partial charge in [0.25, 0.3) is 0 Å². The molecule has 1 unspecified atom stereocenters. The SMILES string of the molecule is CSCC(CCO)NC(=O)Nc1cc(-c2ccco2)ccc1F. The molecule has 1 aromatic heterocycles. The van der Waals surface area contributed by atoms with E-state index in [9.17, 15) is 9.18 Å². The Morgan fingerprint density at radius 2 is 2.26 bits per heavy atom. The van der Waals surface area contributed by atoms with Crippen LogP contribution in [0.5, 0.6) is 0 Å². The number of rotatable bonds is 7. The molecule has 0 aliphatic carbocycles. The smallest absolute Gasteiger partial charge is 0.319 e. The molecule has 1 atom stereocenters. The van der Waals surface area contributed by atoms with Crippen molar-refractivity contribution < 1.29 is 18.7 Å². The van der Waals surface area contributed by atoms with E-state index in [0.29, 0.717) is 23.5 Å². The van der Waals surface area contributed by atoms with Crippen LogP contribution in [0.1, 0.15) is 6.42 Å². The van der Waals surface area contributed by atoms with Gasteiger partial charge < -0.3 is 20.2 Å². The van der Waals surface area contributed by atoms with Gasteiger partial charge in [-0.05, 0) is 43.0 Å². The maximum absolute atomic E-state index is 13.9. The molecule has 0 aliphatic heterocycles. The zero-order valence-corrected chi connectivity index (χ0v) is 13.5. The number of anilines is 1. The van der Waals surface area contributed by atoms with Crippen molar-refractivity contribution in [2.24, 2.45) is 0 Å². The van der Waals surface area contributed by atoms with Gasteiger partial charge in [-0.1, -0.05) is 0 Å². The van der Waals surface area contributed by atoms with Gasteiger partial charge in [-0.2, -0.15) is 11.8 Å². The molecule has 0 bridgehead atoms. The zero-order chi connectivity index (χ0) is 16.7. The summed E-state index contributed by atoms with van der Waals surface area (Å²) in [6, 6.07) is 7.19. The quantitative estimate of drug-likeness (QED) is 0.724. The molecule has 124 valence electrons. The molecule has 2 aromatic rings. The second-order valence-corrected chi connectivity index (χ2v) is 5.85. The summed E-state index contributed by atoms with van der Waals surface area (Å²) < 4.78 is 19.2. The molecule has 23 heavy (non-hydrogen) atoms. The number of hydrogen-bond acceptors (Lipinski definition) is 4. The van der Waals surface area contributed by atoms with Crippen molar-refractivity contribution in [3.05, 3.63) is 42.4 Å². The lowest BCUT2D eigenvalue weighted by Gasteiger charge is -2.17. The summed E-state index contributed by atoms with van der Waals surface area (Å²) >= 11 is 1.56. The molecular weight excluding hydrogens is 319 g/mol. The van der Waals surface area contributed by atoms with Gasteiger partial charge in [0.05, 0.1) is 12.0 Å². The highest BCUT2D eigenvalue weighted by Gasteiger charge is 2.14. The van der Waals surface area contributed by atoms with Crippen LogP contribution >= 0.6 is 11.8 Å². The minimum absolute atomic E-state index is 0.0200. The van der Waals surface area contributed by atoms with Gasteiger partial charge in [0.1, 0.15) is 11.6 Å². The van der Waals surface area contributed by atoms with Crippen molar-refractivity contribution in [3.63, 3.8) is 0 Å². The van der Waals surface area contributed by atoms with Gasteiger partial charge in [-0.15, -0.1) is 0 Å². The van der Waals surface area contributed by atoms with E-state index in [-0.39, 0.29) is 18.3 Å². The van der Waals surface area contributed by atoms with Crippen LogP contribution in [0.15, 0.2) is 41.0 Å². The largest absolute Gasteiger partial charge is 0.464 e. The molecule has 0 fully saturated rings. The second-order valence-electron chi connectivity index (χ2n) is 4.93. The van der Waals surface area contributed by atoms with Gasteiger partial charge in [-0.25, -0.2) is 9.18 Å². The lowest BCUT2D eigenvalue weighted by molar-refractivity contribution is 0.241. The van der Waals surface area contributed by atoms with E-state index in [1.807, 2.05) is 6.26 Å². The molecule has 2 rings (SSSR count). The number of thioether (sulfide) groups is 1. The topological polar surface area (TPSA) is 74.5 Å². The van der Waals surface area contributed by atoms with Crippen LogP contribution in [0.4, 0.5) is 14.9 Å². The first-order valence-corrected chi connectivity index (χ1v) is 8.54. The van der Waals surface area contributed by atoms with Gasteiger partial charge >= 0.3 is 6.03 Å². The molecule has 2 amide bonds. The first-order chi connectivity index (χ1) is 11.1. The van der Waals surface area contributed by atoms with Gasteiger partial charge in [0.2, 0.25) is 0 Å². The number of amides is 2. The van der Waals surface area contributed by atoms with E-state index in [1.54, 1.807) is 30.0 Å². The van der Waals surface area contributed by atoms with E-state index in [0.717, 1.165) is 0 Å². The monoisotopic (exact) mass is 338 g/mol. The molecule has 0 radical (unpaired) electrons. The van der Waals surface area contributed by atoms with Crippen molar-refractivity contribution in [2.45, 2.75) is 12.5 Å². The number of hydrogen-bond donors (Lipinski definition) is 3. The Balaban J connectivity index is 2.06. The Morgan fingerprint density at radius 1 is 1.43 bits per heavy atom. The van der Waals surface area contributed by atoms with Gasteiger partial charge in [-0.3, -0.25) is 0 Å². The number of carbonyl (C=O) groups is 1. The number of urea groups is 1. The number of aliphatic hydroxyl groups excluding tert-OH is 1. The summed E-state index contributed by atoms with van der Waals surface area (Å²) in [5.74, 6) is 0.733. The van der Waals surface area contributed by atoms with E-state index >= 15 is 0 Å². The van der Waals surface area contributed by atoms with Crippen LogP contribution in [0.2, 0.25) is 0 Å². The Bertz CT molecular complexity index is 628. The maximum Gasteiger partial charge on any atom is 0.319 e. The van der Waals surface area contributed by atoms with Crippen molar-refractivity contribution in [1.82, 2.24) is 5.32 Å².